The number of benzene rings is 1. The van der Waals surface area contributed by atoms with E-state index in [0.29, 0.717) is 6.04 Å². The third kappa shape index (κ3) is 4.23. The number of halogens is 3. The second-order valence-electron chi connectivity index (χ2n) is 6.19. The zero-order valence-electron chi connectivity index (χ0n) is 12.1. The van der Waals surface area contributed by atoms with Crippen molar-refractivity contribution in [2.24, 2.45) is 5.41 Å². The Morgan fingerprint density at radius 3 is 2.20 bits per heavy atom. The third-order valence-corrected chi connectivity index (χ3v) is 4.16. The summed E-state index contributed by atoms with van der Waals surface area (Å²) in [5.74, 6) is 0. The lowest BCUT2D eigenvalue weighted by molar-refractivity contribution is -0.137. The molecule has 0 saturated heterocycles. The molecular weight excluding hydrogens is 263 g/mol. The number of alkyl halides is 3. The van der Waals surface area contributed by atoms with Crippen molar-refractivity contribution in [2.75, 3.05) is 6.54 Å². The molecule has 1 aromatic carbocycles. The molecule has 1 aliphatic rings. The molecule has 0 radical (unpaired) electrons. The molecular formula is C16H22F3N. The van der Waals surface area contributed by atoms with E-state index >= 15 is 0 Å². The van der Waals surface area contributed by atoms with E-state index in [-0.39, 0.29) is 5.41 Å². The summed E-state index contributed by atoms with van der Waals surface area (Å²) in [4.78, 5) is 0. The van der Waals surface area contributed by atoms with Gasteiger partial charge in [0.15, 0.2) is 0 Å². The van der Waals surface area contributed by atoms with Crippen LogP contribution < -0.4 is 5.32 Å². The lowest BCUT2D eigenvalue weighted by Gasteiger charge is -2.29. The van der Waals surface area contributed by atoms with Crippen LogP contribution in [0, 0.1) is 5.41 Å². The highest BCUT2D eigenvalue weighted by atomic mass is 19.4. The van der Waals surface area contributed by atoms with Gasteiger partial charge in [0.05, 0.1) is 5.56 Å². The largest absolute Gasteiger partial charge is 0.416 e. The summed E-state index contributed by atoms with van der Waals surface area (Å²) in [6, 6.07) is 6.23. The van der Waals surface area contributed by atoms with Crippen LogP contribution in [-0.2, 0) is 12.6 Å². The van der Waals surface area contributed by atoms with E-state index in [9.17, 15) is 13.2 Å². The maximum atomic E-state index is 12.5. The van der Waals surface area contributed by atoms with Gasteiger partial charge >= 0.3 is 6.18 Å². The highest BCUT2D eigenvalue weighted by molar-refractivity contribution is 5.25. The topological polar surface area (TPSA) is 12.0 Å². The van der Waals surface area contributed by atoms with Crippen molar-refractivity contribution in [3.63, 3.8) is 0 Å². The maximum Gasteiger partial charge on any atom is 0.416 e. The molecule has 0 spiro atoms. The molecule has 1 aromatic rings. The monoisotopic (exact) mass is 285 g/mol. The lowest BCUT2D eigenvalue weighted by Crippen LogP contribution is -2.34. The van der Waals surface area contributed by atoms with Crippen LogP contribution >= 0.6 is 0 Å². The Labute approximate surface area is 118 Å². The zero-order chi connectivity index (χ0) is 14.8. The van der Waals surface area contributed by atoms with Gasteiger partial charge in [0.2, 0.25) is 0 Å². The van der Waals surface area contributed by atoms with Crippen molar-refractivity contribution in [2.45, 2.75) is 51.7 Å². The van der Waals surface area contributed by atoms with Gasteiger partial charge in [-0.1, -0.05) is 26.0 Å². The van der Waals surface area contributed by atoms with Gasteiger partial charge in [-0.05, 0) is 48.8 Å². The molecule has 2 rings (SSSR count). The molecule has 1 nitrogen and oxygen atoms in total. The molecule has 1 saturated carbocycles. The average molecular weight is 285 g/mol. The molecule has 0 heterocycles. The molecule has 1 unspecified atom stereocenters. The van der Waals surface area contributed by atoms with E-state index in [4.69, 9.17) is 0 Å². The molecule has 1 N–H and O–H groups in total. The van der Waals surface area contributed by atoms with E-state index in [0.717, 1.165) is 24.9 Å². The first-order valence-corrected chi connectivity index (χ1v) is 7.22. The van der Waals surface area contributed by atoms with E-state index in [1.807, 2.05) is 0 Å². The van der Waals surface area contributed by atoms with Gasteiger partial charge in [-0.25, -0.2) is 0 Å². The Hall–Kier alpha value is -1.03. The second kappa shape index (κ2) is 5.76. The summed E-state index contributed by atoms with van der Waals surface area (Å²) < 4.78 is 37.6. The van der Waals surface area contributed by atoms with Gasteiger partial charge in [-0.2, -0.15) is 13.2 Å². The van der Waals surface area contributed by atoms with E-state index < -0.39 is 11.7 Å². The van der Waals surface area contributed by atoms with Gasteiger partial charge in [0.1, 0.15) is 0 Å². The van der Waals surface area contributed by atoms with Gasteiger partial charge in [-0.15, -0.1) is 0 Å². The van der Waals surface area contributed by atoms with Gasteiger partial charge < -0.3 is 5.32 Å². The minimum Gasteiger partial charge on any atom is -0.313 e. The van der Waals surface area contributed by atoms with E-state index in [1.165, 1.54) is 25.0 Å². The molecule has 1 fully saturated rings. The van der Waals surface area contributed by atoms with Crippen molar-refractivity contribution >= 4 is 0 Å². The normalized spacial score (nSPS) is 18.9. The van der Waals surface area contributed by atoms with Crippen LogP contribution in [0.1, 0.15) is 44.2 Å². The van der Waals surface area contributed by atoms with Gasteiger partial charge in [-0.3, -0.25) is 0 Å². The molecule has 4 heteroatoms. The number of nitrogens with one attached hydrogen (secondary N) is 1. The van der Waals surface area contributed by atoms with Crippen LogP contribution in [0.4, 0.5) is 13.2 Å². The Kier molecular flexibility index (Phi) is 4.43. The van der Waals surface area contributed by atoms with Crippen LogP contribution in [0.2, 0.25) is 0 Å². The quantitative estimate of drug-likeness (QED) is 0.816. The lowest BCUT2D eigenvalue weighted by atomic mass is 9.81. The first kappa shape index (κ1) is 15.4. The summed E-state index contributed by atoms with van der Waals surface area (Å²) in [7, 11) is 0. The first-order chi connectivity index (χ1) is 9.32. The minimum absolute atomic E-state index is 0.0995. The highest BCUT2D eigenvalue weighted by Gasteiger charge is 2.31. The molecule has 0 aromatic heterocycles. The molecule has 20 heavy (non-hydrogen) atoms. The first-order valence-electron chi connectivity index (χ1n) is 7.22. The molecule has 1 atom stereocenters. The highest BCUT2D eigenvalue weighted by Crippen LogP contribution is 2.31. The third-order valence-electron chi connectivity index (χ3n) is 4.16. The molecule has 0 aliphatic heterocycles. The van der Waals surface area contributed by atoms with Crippen molar-refractivity contribution in [3.05, 3.63) is 35.4 Å². The number of rotatable bonds is 6. The van der Waals surface area contributed by atoms with Crippen molar-refractivity contribution in [1.29, 1.82) is 0 Å². The molecule has 0 amide bonds. The maximum absolute atomic E-state index is 12.5. The van der Waals surface area contributed by atoms with Crippen LogP contribution in [0.3, 0.4) is 0 Å². The second-order valence-corrected chi connectivity index (χ2v) is 6.19. The van der Waals surface area contributed by atoms with Gasteiger partial charge in [0, 0.05) is 12.6 Å². The van der Waals surface area contributed by atoms with E-state index in [1.54, 1.807) is 12.1 Å². The SMILES string of the molecule is CCC(C)(CNC1CC1)Cc1ccc(C(F)(F)F)cc1. The van der Waals surface area contributed by atoms with Crippen LogP contribution in [-0.4, -0.2) is 12.6 Å². The zero-order valence-corrected chi connectivity index (χ0v) is 12.1. The molecule has 0 bridgehead atoms. The average Bonchev–Trinajstić information content (AvgIpc) is 3.20. The van der Waals surface area contributed by atoms with E-state index in [2.05, 4.69) is 19.2 Å². The number of hydrogen-bond donors (Lipinski definition) is 1. The fourth-order valence-electron chi connectivity index (χ4n) is 2.30. The predicted octanol–water partition coefficient (Wildman–Crippen LogP) is 4.42. The minimum atomic E-state index is -4.25. The Bertz CT molecular complexity index is 434. The van der Waals surface area contributed by atoms with Crippen LogP contribution in [0.5, 0.6) is 0 Å². The summed E-state index contributed by atoms with van der Waals surface area (Å²) in [6.07, 6.45) is 0.0648. The van der Waals surface area contributed by atoms with Crippen molar-refractivity contribution in [1.82, 2.24) is 5.32 Å². The van der Waals surface area contributed by atoms with Crippen LogP contribution in [0.15, 0.2) is 24.3 Å². The fraction of sp³-hybridized carbons (Fsp3) is 0.625. The Morgan fingerprint density at radius 1 is 1.15 bits per heavy atom. The van der Waals surface area contributed by atoms with Crippen molar-refractivity contribution < 1.29 is 13.2 Å². The Balaban J connectivity index is 1.99. The summed E-state index contributed by atoms with van der Waals surface area (Å²) in [5.41, 5.74) is 0.498. The standard InChI is InChI=1S/C16H22F3N/c1-3-15(2,11-20-14-8-9-14)10-12-4-6-13(7-5-12)16(17,18)19/h4-7,14,20H,3,8-11H2,1-2H3. The predicted molar refractivity (Wildman–Crippen MR) is 74.6 cm³/mol. The smallest absolute Gasteiger partial charge is 0.313 e. The molecule has 1 aliphatic carbocycles. The fourth-order valence-corrected chi connectivity index (χ4v) is 2.30. The summed E-state index contributed by atoms with van der Waals surface area (Å²) in [6.45, 7) is 5.26. The van der Waals surface area contributed by atoms with Crippen molar-refractivity contribution in [3.8, 4) is 0 Å². The Morgan fingerprint density at radius 2 is 1.75 bits per heavy atom. The number of hydrogen-bond acceptors (Lipinski definition) is 1. The molecule has 112 valence electrons. The summed E-state index contributed by atoms with van der Waals surface area (Å²) in [5, 5.41) is 3.52. The van der Waals surface area contributed by atoms with Crippen LogP contribution in [0.25, 0.3) is 0 Å². The summed E-state index contributed by atoms with van der Waals surface area (Å²) >= 11 is 0. The van der Waals surface area contributed by atoms with Gasteiger partial charge in [0.25, 0.3) is 0 Å².